The normalized spacial score (nSPS) is 16.4. The summed E-state index contributed by atoms with van der Waals surface area (Å²) in [6.45, 7) is 4.51. The predicted molar refractivity (Wildman–Crippen MR) is 107 cm³/mol. The lowest BCUT2D eigenvalue weighted by Gasteiger charge is -2.17. The Labute approximate surface area is 162 Å². The number of amides is 1. The van der Waals surface area contributed by atoms with Crippen LogP contribution in [0.2, 0.25) is 0 Å². The van der Waals surface area contributed by atoms with Gasteiger partial charge in [0.05, 0.1) is 13.7 Å². The van der Waals surface area contributed by atoms with Crippen molar-refractivity contribution < 1.29 is 14.3 Å². The van der Waals surface area contributed by atoms with Crippen LogP contribution in [-0.4, -0.2) is 37.6 Å². The predicted octanol–water partition coefficient (Wildman–Crippen LogP) is 4.25. The van der Waals surface area contributed by atoms with Gasteiger partial charge in [-0.25, -0.2) is 0 Å². The first kappa shape index (κ1) is 19.3. The summed E-state index contributed by atoms with van der Waals surface area (Å²) in [5, 5.41) is 0. The van der Waals surface area contributed by atoms with E-state index in [0.717, 1.165) is 43.9 Å². The van der Waals surface area contributed by atoms with Crippen LogP contribution in [0.3, 0.4) is 0 Å². The molecule has 1 atom stereocenters. The third-order valence-electron chi connectivity index (χ3n) is 5.24. The third-order valence-corrected chi connectivity index (χ3v) is 5.24. The largest absolute Gasteiger partial charge is 0.497 e. The van der Waals surface area contributed by atoms with Gasteiger partial charge in [0, 0.05) is 19.5 Å². The lowest BCUT2D eigenvalue weighted by molar-refractivity contribution is -0.130. The van der Waals surface area contributed by atoms with Crippen molar-refractivity contribution in [3.05, 3.63) is 59.7 Å². The fraction of sp³-hybridized carbons (Fsp3) is 0.435. The van der Waals surface area contributed by atoms with E-state index in [9.17, 15) is 4.79 Å². The molecule has 4 heteroatoms. The third kappa shape index (κ3) is 5.75. The highest BCUT2D eigenvalue weighted by Crippen LogP contribution is 2.22. The molecule has 4 nitrogen and oxygen atoms in total. The number of rotatable bonds is 8. The number of hydrogen-bond acceptors (Lipinski definition) is 3. The van der Waals surface area contributed by atoms with Crippen molar-refractivity contribution in [1.82, 2.24) is 4.90 Å². The molecule has 144 valence electrons. The molecule has 1 fully saturated rings. The zero-order valence-electron chi connectivity index (χ0n) is 16.3. The van der Waals surface area contributed by atoms with Crippen LogP contribution >= 0.6 is 0 Å². The Morgan fingerprint density at radius 2 is 1.78 bits per heavy atom. The van der Waals surface area contributed by atoms with Crippen LogP contribution in [-0.2, 0) is 11.2 Å². The number of benzene rings is 2. The summed E-state index contributed by atoms with van der Waals surface area (Å²) < 4.78 is 11.0. The molecule has 1 unspecified atom stereocenters. The van der Waals surface area contributed by atoms with Crippen LogP contribution < -0.4 is 9.47 Å². The molecule has 0 radical (unpaired) electrons. The number of carbonyl (C=O) groups excluding carboxylic acids is 1. The maximum Gasteiger partial charge on any atom is 0.222 e. The highest BCUT2D eigenvalue weighted by Gasteiger charge is 2.25. The van der Waals surface area contributed by atoms with Crippen LogP contribution in [0.4, 0.5) is 0 Å². The van der Waals surface area contributed by atoms with Gasteiger partial charge in [-0.3, -0.25) is 4.79 Å². The van der Waals surface area contributed by atoms with E-state index in [2.05, 4.69) is 19.1 Å². The Balaban J connectivity index is 1.36. The van der Waals surface area contributed by atoms with Crippen molar-refractivity contribution in [2.75, 3.05) is 26.8 Å². The molecule has 0 aliphatic carbocycles. The van der Waals surface area contributed by atoms with Crippen molar-refractivity contribution in [2.24, 2.45) is 5.92 Å². The Morgan fingerprint density at radius 1 is 1.07 bits per heavy atom. The SMILES string of the molecule is COc1ccc(CCC(=O)N2CCC(CCOc3ccc(C)cc3)C2)cc1. The minimum atomic E-state index is 0.257. The van der Waals surface area contributed by atoms with E-state index in [1.165, 1.54) is 11.1 Å². The number of carbonyl (C=O) groups is 1. The van der Waals surface area contributed by atoms with Crippen molar-refractivity contribution in [2.45, 2.75) is 32.6 Å². The zero-order chi connectivity index (χ0) is 19.1. The van der Waals surface area contributed by atoms with Crippen LogP contribution in [0.5, 0.6) is 11.5 Å². The monoisotopic (exact) mass is 367 g/mol. The molecule has 2 aromatic carbocycles. The van der Waals surface area contributed by atoms with Gasteiger partial charge >= 0.3 is 0 Å². The Bertz CT molecular complexity index is 724. The minimum Gasteiger partial charge on any atom is -0.497 e. The van der Waals surface area contributed by atoms with Crippen LogP contribution in [0.25, 0.3) is 0 Å². The topological polar surface area (TPSA) is 38.8 Å². The van der Waals surface area contributed by atoms with E-state index < -0.39 is 0 Å². The molecule has 1 saturated heterocycles. The second-order valence-corrected chi connectivity index (χ2v) is 7.29. The molecule has 3 rings (SSSR count). The van der Waals surface area contributed by atoms with Gasteiger partial charge in [0.2, 0.25) is 5.91 Å². The summed E-state index contributed by atoms with van der Waals surface area (Å²) in [6.07, 6.45) is 3.42. The number of hydrogen-bond donors (Lipinski definition) is 0. The molecule has 0 bridgehead atoms. The molecule has 27 heavy (non-hydrogen) atoms. The Kier molecular flexibility index (Phi) is 6.74. The average Bonchev–Trinajstić information content (AvgIpc) is 3.17. The summed E-state index contributed by atoms with van der Waals surface area (Å²) in [6, 6.07) is 16.1. The maximum absolute atomic E-state index is 12.5. The van der Waals surface area contributed by atoms with Gasteiger partial charge in [0.25, 0.3) is 0 Å². The summed E-state index contributed by atoms with van der Waals surface area (Å²) in [7, 11) is 1.66. The molecule has 0 aromatic heterocycles. The fourth-order valence-electron chi connectivity index (χ4n) is 3.47. The number of nitrogens with zero attached hydrogens (tertiary/aromatic N) is 1. The molecule has 1 aliphatic heterocycles. The summed E-state index contributed by atoms with van der Waals surface area (Å²) >= 11 is 0. The number of ether oxygens (including phenoxy) is 2. The van der Waals surface area contributed by atoms with Crippen LogP contribution in [0.15, 0.2) is 48.5 Å². The second-order valence-electron chi connectivity index (χ2n) is 7.29. The first-order valence-corrected chi connectivity index (χ1v) is 9.74. The molecule has 1 heterocycles. The van der Waals surface area contributed by atoms with E-state index >= 15 is 0 Å². The Morgan fingerprint density at radius 3 is 2.48 bits per heavy atom. The van der Waals surface area contributed by atoms with Gasteiger partial charge in [0.1, 0.15) is 11.5 Å². The highest BCUT2D eigenvalue weighted by atomic mass is 16.5. The minimum absolute atomic E-state index is 0.257. The molecule has 1 amide bonds. The smallest absolute Gasteiger partial charge is 0.222 e. The summed E-state index contributed by atoms with van der Waals surface area (Å²) in [5.41, 5.74) is 2.41. The standard InChI is InChI=1S/C23H29NO3/c1-18-3-8-22(9-4-18)27-16-14-20-13-15-24(17-20)23(25)12-7-19-5-10-21(26-2)11-6-19/h3-6,8-11,20H,7,12-17H2,1-2H3. The van der Waals surface area contributed by atoms with Crippen molar-refractivity contribution in [3.63, 3.8) is 0 Å². The lowest BCUT2D eigenvalue weighted by Crippen LogP contribution is -2.29. The van der Waals surface area contributed by atoms with Crippen LogP contribution in [0, 0.1) is 12.8 Å². The van der Waals surface area contributed by atoms with E-state index in [1.807, 2.05) is 41.3 Å². The number of likely N-dealkylation sites (tertiary alicyclic amines) is 1. The summed E-state index contributed by atoms with van der Waals surface area (Å²) in [4.78, 5) is 14.5. The van der Waals surface area contributed by atoms with Gasteiger partial charge in [-0.05, 0) is 61.9 Å². The van der Waals surface area contributed by atoms with Crippen molar-refractivity contribution in [1.29, 1.82) is 0 Å². The van der Waals surface area contributed by atoms with E-state index in [1.54, 1.807) is 7.11 Å². The fourth-order valence-corrected chi connectivity index (χ4v) is 3.47. The maximum atomic E-state index is 12.5. The molecule has 2 aromatic rings. The lowest BCUT2D eigenvalue weighted by atomic mass is 10.1. The Hall–Kier alpha value is -2.49. The van der Waals surface area contributed by atoms with Crippen molar-refractivity contribution in [3.8, 4) is 11.5 Å². The van der Waals surface area contributed by atoms with Gasteiger partial charge in [0.15, 0.2) is 0 Å². The van der Waals surface area contributed by atoms with Crippen LogP contribution in [0.1, 0.15) is 30.4 Å². The first-order valence-electron chi connectivity index (χ1n) is 9.74. The zero-order valence-corrected chi connectivity index (χ0v) is 16.3. The molecular formula is C23H29NO3. The average molecular weight is 367 g/mol. The van der Waals surface area contributed by atoms with Gasteiger partial charge < -0.3 is 14.4 Å². The van der Waals surface area contributed by atoms with Gasteiger partial charge in [-0.15, -0.1) is 0 Å². The van der Waals surface area contributed by atoms with Gasteiger partial charge in [-0.2, -0.15) is 0 Å². The summed E-state index contributed by atoms with van der Waals surface area (Å²) in [5.74, 6) is 2.57. The first-order chi connectivity index (χ1) is 13.1. The highest BCUT2D eigenvalue weighted by molar-refractivity contribution is 5.76. The van der Waals surface area contributed by atoms with Crippen molar-refractivity contribution >= 4 is 5.91 Å². The molecule has 0 spiro atoms. The molecular weight excluding hydrogens is 338 g/mol. The quantitative estimate of drug-likeness (QED) is 0.700. The van der Waals surface area contributed by atoms with E-state index in [4.69, 9.17) is 9.47 Å². The van der Waals surface area contributed by atoms with E-state index in [-0.39, 0.29) is 5.91 Å². The number of methoxy groups -OCH3 is 1. The molecule has 0 saturated carbocycles. The second kappa shape index (κ2) is 9.45. The van der Waals surface area contributed by atoms with E-state index in [0.29, 0.717) is 18.9 Å². The molecule has 0 N–H and O–H groups in total. The molecule has 1 aliphatic rings. The van der Waals surface area contributed by atoms with Gasteiger partial charge in [-0.1, -0.05) is 29.8 Å². The number of aryl methyl sites for hydroxylation is 2.